The van der Waals surface area contributed by atoms with Crippen LogP contribution in [0.5, 0.6) is 0 Å². The van der Waals surface area contributed by atoms with E-state index in [1.807, 2.05) is 36.6 Å². The van der Waals surface area contributed by atoms with Crippen molar-refractivity contribution in [3.63, 3.8) is 0 Å². The van der Waals surface area contributed by atoms with E-state index in [0.29, 0.717) is 18.7 Å². The van der Waals surface area contributed by atoms with Crippen LogP contribution >= 0.6 is 11.8 Å². The van der Waals surface area contributed by atoms with E-state index in [9.17, 15) is 9.59 Å². The Kier molecular flexibility index (Phi) is 5.20. The van der Waals surface area contributed by atoms with E-state index in [4.69, 9.17) is 4.74 Å². The fourth-order valence-electron chi connectivity index (χ4n) is 2.74. The van der Waals surface area contributed by atoms with Crippen molar-refractivity contribution in [1.29, 1.82) is 0 Å². The summed E-state index contributed by atoms with van der Waals surface area (Å²) in [5.41, 5.74) is 2.91. The molecule has 5 heteroatoms. The van der Waals surface area contributed by atoms with Crippen LogP contribution < -0.4 is 0 Å². The Morgan fingerprint density at radius 2 is 1.79 bits per heavy atom. The minimum Gasteiger partial charge on any atom is -0.452 e. The van der Waals surface area contributed by atoms with Crippen LogP contribution in [0.2, 0.25) is 0 Å². The van der Waals surface area contributed by atoms with Gasteiger partial charge in [-0.1, -0.05) is 24.3 Å². The van der Waals surface area contributed by atoms with Crippen LogP contribution in [0.25, 0.3) is 0 Å². The maximum Gasteiger partial charge on any atom is 0.338 e. The molecule has 0 aliphatic carbocycles. The van der Waals surface area contributed by atoms with Crippen molar-refractivity contribution in [3.05, 3.63) is 65.2 Å². The number of hydrogen-bond donors (Lipinski definition) is 0. The Balaban J connectivity index is 1.55. The van der Waals surface area contributed by atoms with Crippen LogP contribution in [0.1, 0.15) is 21.5 Å². The van der Waals surface area contributed by atoms with Crippen molar-refractivity contribution >= 4 is 23.6 Å². The number of thioether (sulfide) groups is 1. The highest BCUT2D eigenvalue weighted by molar-refractivity contribution is 7.98. The van der Waals surface area contributed by atoms with Gasteiger partial charge in [0.05, 0.1) is 5.56 Å². The fraction of sp³-hybridized carbons (Fsp3) is 0.263. The number of benzene rings is 2. The Labute approximate surface area is 145 Å². The van der Waals surface area contributed by atoms with Crippen molar-refractivity contribution in [2.24, 2.45) is 0 Å². The molecule has 0 saturated carbocycles. The predicted molar refractivity (Wildman–Crippen MR) is 94.1 cm³/mol. The minimum absolute atomic E-state index is 0.154. The van der Waals surface area contributed by atoms with E-state index < -0.39 is 5.97 Å². The van der Waals surface area contributed by atoms with E-state index in [0.717, 1.165) is 16.9 Å². The van der Waals surface area contributed by atoms with Crippen LogP contribution in [0, 0.1) is 0 Å². The van der Waals surface area contributed by atoms with Gasteiger partial charge in [-0.2, -0.15) is 0 Å². The van der Waals surface area contributed by atoms with Gasteiger partial charge in [0.2, 0.25) is 0 Å². The lowest BCUT2D eigenvalue weighted by Gasteiger charge is -2.28. The summed E-state index contributed by atoms with van der Waals surface area (Å²) in [6.45, 7) is 1.02. The number of rotatable bonds is 4. The number of amides is 1. The Hall–Kier alpha value is -2.27. The molecule has 0 fully saturated rings. The molecule has 0 bridgehead atoms. The highest BCUT2D eigenvalue weighted by atomic mass is 32.2. The van der Waals surface area contributed by atoms with Crippen LogP contribution in [-0.2, 0) is 22.5 Å². The average molecular weight is 341 g/mol. The molecule has 0 spiro atoms. The summed E-state index contributed by atoms with van der Waals surface area (Å²) >= 11 is 1.61. The van der Waals surface area contributed by atoms with Crippen LogP contribution in [0.4, 0.5) is 0 Å². The zero-order valence-corrected chi connectivity index (χ0v) is 14.3. The molecule has 0 unspecified atom stereocenters. The maximum atomic E-state index is 12.3. The van der Waals surface area contributed by atoms with Crippen molar-refractivity contribution in [3.8, 4) is 0 Å². The molecule has 1 aliphatic heterocycles. The third kappa shape index (κ3) is 3.79. The molecule has 4 nitrogen and oxygen atoms in total. The average Bonchev–Trinajstić information content (AvgIpc) is 2.65. The SMILES string of the molecule is CSc1ccc(C(=O)OCC(=O)N2CCc3ccccc3C2)cc1. The van der Waals surface area contributed by atoms with E-state index in [1.54, 1.807) is 28.8 Å². The molecule has 1 heterocycles. The second-order valence-electron chi connectivity index (χ2n) is 5.64. The van der Waals surface area contributed by atoms with Crippen molar-refractivity contribution < 1.29 is 14.3 Å². The number of esters is 1. The topological polar surface area (TPSA) is 46.6 Å². The lowest BCUT2D eigenvalue weighted by Crippen LogP contribution is -2.38. The molecule has 1 aliphatic rings. The summed E-state index contributed by atoms with van der Waals surface area (Å²) in [6.07, 6.45) is 2.81. The molecular formula is C19H19NO3S. The smallest absolute Gasteiger partial charge is 0.338 e. The Morgan fingerprint density at radius 3 is 2.50 bits per heavy atom. The van der Waals surface area contributed by atoms with E-state index in [-0.39, 0.29) is 12.5 Å². The molecule has 0 N–H and O–H groups in total. The number of carbonyl (C=O) groups excluding carboxylic acids is 2. The third-order valence-corrected chi connectivity index (χ3v) is 4.88. The normalized spacial score (nSPS) is 13.3. The van der Waals surface area contributed by atoms with Crippen molar-refractivity contribution in [2.75, 3.05) is 19.4 Å². The number of hydrogen-bond acceptors (Lipinski definition) is 4. The molecule has 0 radical (unpaired) electrons. The monoisotopic (exact) mass is 341 g/mol. The Bertz CT molecular complexity index is 743. The van der Waals surface area contributed by atoms with Crippen LogP contribution in [0.15, 0.2) is 53.4 Å². The molecule has 0 aromatic heterocycles. The van der Waals surface area contributed by atoms with Gasteiger partial charge in [-0.25, -0.2) is 4.79 Å². The summed E-state index contributed by atoms with van der Waals surface area (Å²) in [5.74, 6) is -0.619. The van der Waals surface area contributed by atoms with Gasteiger partial charge in [-0.3, -0.25) is 4.79 Å². The summed E-state index contributed by atoms with van der Waals surface area (Å²) in [7, 11) is 0. The second-order valence-corrected chi connectivity index (χ2v) is 6.52. The van der Waals surface area contributed by atoms with E-state index in [1.165, 1.54) is 5.56 Å². The second kappa shape index (κ2) is 7.53. The number of nitrogens with zero attached hydrogens (tertiary/aromatic N) is 1. The molecule has 2 aromatic carbocycles. The molecule has 0 saturated heterocycles. The Morgan fingerprint density at radius 1 is 1.08 bits per heavy atom. The van der Waals surface area contributed by atoms with Gasteiger partial charge in [0.1, 0.15) is 0 Å². The van der Waals surface area contributed by atoms with E-state index in [2.05, 4.69) is 6.07 Å². The third-order valence-electron chi connectivity index (χ3n) is 4.14. The number of ether oxygens (including phenoxy) is 1. The summed E-state index contributed by atoms with van der Waals surface area (Å²) < 4.78 is 5.17. The first-order chi connectivity index (χ1) is 11.7. The highest BCUT2D eigenvalue weighted by Gasteiger charge is 2.21. The van der Waals surface area contributed by atoms with Crippen molar-refractivity contribution in [2.45, 2.75) is 17.9 Å². The highest BCUT2D eigenvalue weighted by Crippen LogP contribution is 2.19. The quantitative estimate of drug-likeness (QED) is 0.633. The molecule has 2 aromatic rings. The lowest BCUT2D eigenvalue weighted by atomic mass is 10.00. The molecule has 1 amide bonds. The van der Waals surface area contributed by atoms with Crippen LogP contribution in [0.3, 0.4) is 0 Å². The van der Waals surface area contributed by atoms with E-state index >= 15 is 0 Å². The zero-order chi connectivity index (χ0) is 16.9. The van der Waals surface area contributed by atoms with Crippen LogP contribution in [-0.4, -0.2) is 36.2 Å². The lowest BCUT2D eigenvalue weighted by molar-refractivity contribution is -0.135. The van der Waals surface area contributed by atoms with Gasteiger partial charge < -0.3 is 9.64 Å². The predicted octanol–water partition coefficient (Wildman–Crippen LogP) is 3.15. The molecule has 124 valence electrons. The van der Waals surface area contributed by atoms with Gasteiger partial charge in [0.25, 0.3) is 5.91 Å². The first kappa shape index (κ1) is 16.6. The summed E-state index contributed by atoms with van der Waals surface area (Å²) in [4.78, 5) is 27.1. The molecular weight excluding hydrogens is 322 g/mol. The standard InChI is InChI=1S/C19H19NO3S/c1-24-17-8-6-15(7-9-17)19(22)23-13-18(21)20-11-10-14-4-2-3-5-16(14)12-20/h2-9H,10-13H2,1H3. The van der Waals surface area contributed by atoms with Crippen molar-refractivity contribution in [1.82, 2.24) is 4.90 Å². The molecule has 0 atom stereocenters. The minimum atomic E-state index is -0.464. The summed E-state index contributed by atoms with van der Waals surface area (Å²) in [6, 6.07) is 15.3. The van der Waals surface area contributed by atoms with Gasteiger partial charge in [-0.05, 0) is 48.1 Å². The van der Waals surface area contributed by atoms with Gasteiger partial charge >= 0.3 is 5.97 Å². The first-order valence-corrected chi connectivity index (χ1v) is 9.05. The molecule has 24 heavy (non-hydrogen) atoms. The molecule has 3 rings (SSSR count). The maximum absolute atomic E-state index is 12.3. The van der Waals surface area contributed by atoms with Gasteiger partial charge in [-0.15, -0.1) is 11.8 Å². The number of carbonyl (C=O) groups is 2. The van der Waals surface area contributed by atoms with Gasteiger partial charge in [0.15, 0.2) is 6.61 Å². The van der Waals surface area contributed by atoms with Gasteiger partial charge in [0, 0.05) is 18.0 Å². The fourth-order valence-corrected chi connectivity index (χ4v) is 3.15. The number of fused-ring (bicyclic) bond motifs is 1. The summed E-state index contributed by atoms with van der Waals surface area (Å²) in [5, 5.41) is 0. The zero-order valence-electron chi connectivity index (χ0n) is 13.5. The first-order valence-electron chi connectivity index (χ1n) is 7.83. The largest absolute Gasteiger partial charge is 0.452 e.